The molecule has 0 spiro atoms. The number of rotatable bonds is 4. The third-order valence-electron chi connectivity index (χ3n) is 5.06. The van der Waals surface area contributed by atoms with Crippen molar-refractivity contribution >= 4 is 11.5 Å². The molecule has 0 saturated heterocycles. The smallest absolute Gasteiger partial charge is 0.304 e. The summed E-state index contributed by atoms with van der Waals surface area (Å²) >= 11 is 0. The van der Waals surface area contributed by atoms with Crippen LogP contribution in [0.1, 0.15) is 42.5 Å². The topological polar surface area (TPSA) is 63.3 Å². The molecule has 0 radical (unpaired) electrons. The Kier molecular flexibility index (Phi) is 5.19. The summed E-state index contributed by atoms with van der Waals surface area (Å²) in [5.41, 5.74) is 8.05. The number of carboxylic acids is 1. The highest BCUT2D eigenvalue weighted by molar-refractivity contribution is 5.79. The summed E-state index contributed by atoms with van der Waals surface area (Å²) in [7, 11) is 0. The lowest BCUT2D eigenvalue weighted by atomic mass is 9.70. The summed E-state index contributed by atoms with van der Waals surface area (Å²) in [4.78, 5) is 11.0. The summed E-state index contributed by atoms with van der Waals surface area (Å²) in [6, 6.07) is 2.73. The molecule has 3 atom stereocenters. The van der Waals surface area contributed by atoms with E-state index in [2.05, 4.69) is 0 Å². The second-order valence-electron chi connectivity index (χ2n) is 7.16. The maximum atomic E-state index is 15.8. The van der Waals surface area contributed by atoms with Crippen molar-refractivity contribution in [1.82, 2.24) is 0 Å². The molecule has 0 saturated carbocycles. The van der Waals surface area contributed by atoms with Crippen molar-refractivity contribution in [2.24, 2.45) is 11.7 Å². The van der Waals surface area contributed by atoms with E-state index in [4.69, 9.17) is 10.8 Å². The van der Waals surface area contributed by atoms with Crippen molar-refractivity contribution in [3.05, 3.63) is 51.9 Å². The van der Waals surface area contributed by atoms with E-state index in [0.29, 0.717) is 11.1 Å². The van der Waals surface area contributed by atoms with Crippen molar-refractivity contribution in [3.8, 4) is 0 Å². The Labute approximate surface area is 147 Å². The molecule has 1 aliphatic carbocycles. The number of nitrogens with two attached hydrogens (primary N) is 1. The minimum Gasteiger partial charge on any atom is -0.481 e. The van der Waals surface area contributed by atoms with Gasteiger partial charge >= 0.3 is 5.97 Å². The molecular weight excluding hydrogens is 324 g/mol. The molecule has 0 heterocycles. The summed E-state index contributed by atoms with van der Waals surface area (Å²) in [5.74, 6) is -3.18. The molecule has 1 aromatic carbocycles. The van der Waals surface area contributed by atoms with Crippen LogP contribution in [0.5, 0.6) is 0 Å². The maximum absolute atomic E-state index is 15.8. The third-order valence-corrected chi connectivity index (χ3v) is 5.06. The average molecular weight is 349 g/mol. The van der Waals surface area contributed by atoms with Crippen LogP contribution in [-0.2, 0) is 4.79 Å². The normalized spacial score (nSPS) is 25.0. The molecule has 3 N–H and O–H groups in total. The zero-order chi connectivity index (χ0) is 19.1. The van der Waals surface area contributed by atoms with Gasteiger partial charge in [0.15, 0.2) is 0 Å². The molecule has 3 unspecified atom stereocenters. The van der Waals surface area contributed by atoms with E-state index in [1.165, 1.54) is 13.0 Å². The van der Waals surface area contributed by atoms with Crippen molar-refractivity contribution in [3.63, 3.8) is 0 Å². The number of allylic oxidation sites excluding steroid dienone is 3. The van der Waals surface area contributed by atoms with Crippen molar-refractivity contribution < 1.29 is 18.7 Å². The Hall–Kier alpha value is -2.01. The highest BCUT2D eigenvalue weighted by Crippen LogP contribution is 2.48. The number of carbonyl (C=O) groups is 1. The lowest BCUT2D eigenvalue weighted by molar-refractivity contribution is -0.137. The highest BCUT2D eigenvalue weighted by Gasteiger charge is 2.48. The first-order valence-corrected chi connectivity index (χ1v) is 8.29. The van der Waals surface area contributed by atoms with Gasteiger partial charge in [-0.25, -0.2) is 8.78 Å². The Balaban J connectivity index is 2.64. The lowest BCUT2D eigenvalue weighted by Gasteiger charge is -2.39. The number of carboxylic acid groups (broad SMARTS) is 1. The number of aliphatic carboxylic acids is 1. The number of benzene rings is 1. The van der Waals surface area contributed by atoms with Gasteiger partial charge in [0.2, 0.25) is 0 Å². The van der Waals surface area contributed by atoms with Crippen LogP contribution in [0.3, 0.4) is 0 Å². The van der Waals surface area contributed by atoms with Crippen LogP contribution in [0.2, 0.25) is 0 Å². The number of hydrogen-bond donors (Lipinski definition) is 2. The van der Waals surface area contributed by atoms with E-state index in [9.17, 15) is 9.18 Å². The monoisotopic (exact) mass is 349 g/mol. The van der Waals surface area contributed by atoms with Gasteiger partial charge in [-0.1, -0.05) is 17.7 Å². The van der Waals surface area contributed by atoms with Gasteiger partial charge in [0, 0.05) is 6.04 Å². The van der Waals surface area contributed by atoms with Crippen LogP contribution < -0.4 is 5.73 Å². The minimum absolute atomic E-state index is 0.287. The first-order valence-electron chi connectivity index (χ1n) is 8.29. The van der Waals surface area contributed by atoms with Gasteiger partial charge < -0.3 is 10.8 Å². The van der Waals surface area contributed by atoms with Gasteiger partial charge in [-0.3, -0.25) is 4.79 Å². The molecule has 2 rings (SSSR count). The summed E-state index contributed by atoms with van der Waals surface area (Å²) in [6.45, 7) is 8.61. The summed E-state index contributed by atoms with van der Waals surface area (Å²) in [5, 5.41) is 8.98. The standard InChI is InChI=1S/C20H25F2NO2/c1-10-6-11(2)13(4)14(7-10)15-8-12(3)19(21)18(20(15,5)22)16(23)9-17(24)25/h6-8,16,18H,9,23H2,1-5H3,(H,24,25). The van der Waals surface area contributed by atoms with E-state index in [1.54, 1.807) is 6.92 Å². The van der Waals surface area contributed by atoms with Crippen LogP contribution in [0, 0.1) is 26.7 Å². The molecule has 0 bridgehead atoms. The van der Waals surface area contributed by atoms with Gasteiger partial charge in [0.25, 0.3) is 0 Å². The Morgan fingerprint density at radius 2 is 1.92 bits per heavy atom. The lowest BCUT2D eigenvalue weighted by Crippen LogP contribution is -2.47. The van der Waals surface area contributed by atoms with Gasteiger partial charge in [0.05, 0.1) is 12.3 Å². The van der Waals surface area contributed by atoms with Crippen LogP contribution in [-0.4, -0.2) is 22.8 Å². The van der Waals surface area contributed by atoms with Crippen LogP contribution in [0.25, 0.3) is 5.57 Å². The molecular formula is C20H25F2NO2. The Morgan fingerprint density at radius 1 is 1.32 bits per heavy atom. The van der Waals surface area contributed by atoms with E-state index in [1.807, 2.05) is 32.9 Å². The molecule has 0 fully saturated rings. The van der Waals surface area contributed by atoms with Crippen molar-refractivity contribution in [2.45, 2.75) is 52.8 Å². The molecule has 25 heavy (non-hydrogen) atoms. The van der Waals surface area contributed by atoms with E-state index in [-0.39, 0.29) is 5.57 Å². The molecule has 0 aliphatic heterocycles. The van der Waals surface area contributed by atoms with Crippen molar-refractivity contribution in [1.29, 1.82) is 0 Å². The zero-order valence-corrected chi connectivity index (χ0v) is 15.3. The Morgan fingerprint density at radius 3 is 2.48 bits per heavy atom. The molecule has 1 aromatic rings. The van der Waals surface area contributed by atoms with Crippen molar-refractivity contribution in [2.75, 3.05) is 0 Å². The van der Waals surface area contributed by atoms with Gasteiger partial charge in [-0.15, -0.1) is 0 Å². The Bertz CT molecular complexity index is 778. The predicted molar refractivity (Wildman–Crippen MR) is 95.7 cm³/mol. The number of halogens is 2. The highest BCUT2D eigenvalue weighted by atomic mass is 19.2. The molecule has 136 valence electrons. The average Bonchev–Trinajstić information content (AvgIpc) is 2.46. The summed E-state index contributed by atoms with van der Waals surface area (Å²) < 4.78 is 30.5. The summed E-state index contributed by atoms with van der Waals surface area (Å²) in [6.07, 6.45) is 1.02. The molecule has 0 amide bonds. The van der Waals surface area contributed by atoms with E-state index in [0.717, 1.165) is 16.7 Å². The second-order valence-corrected chi connectivity index (χ2v) is 7.16. The first-order chi connectivity index (χ1) is 11.5. The van der Waals surface area contributed by atoms with Crippen LogP contribution in [0.15, 0.2) is 29.6 Å². The van der Waals surface area contributed by atoms with Crippen LogP contribution in [0.4, 0.5) is 8.78 Å². The van der Waals surface area contributed by atoms with Gasteiger partial charge in [0.1, 0.15) is 11.5 Å². The fraction of sp³-hybridized carbons (Fsp3) is 0.450. The zero-order valence-electron chi connectivity index (χ0n) is 15.3. The molecule has 0 aromatic heterocycles. The first kappa shape index (κ1) is 19.3. The molecule has 5 heteroatoms. The molecule has 1 aliphatic rings. The van der Waals surface area contributed by atoms with E-state index >= 15 is 4.39 Å². The maximum Gasteiger partial charge on any atom is 0.304 e. The van der Waals surface area contributed by atoms with Gasteiger partial charge in [-0.2, -0.15) is 0 Å². The quantitative estimate of drug-likeness (QED) is 0.847. The third kappa shape index (κ3) is 3.52. The second kappa shape index (κ2) is 6.71. The SMILES string of the molecule is CC1=C(F)C(C(N)CC(=O)O)C(C)(F)C(c2cc(C)cc(C)c2C)=C1. The fourth-order valence-electron chi connectivity index (χ4n) is 3.65. The van der Waals surface area contributed by atoms with E-state index < -0.39 is 35.8 Å². The number of alkyl halides is 1. The fourth-order valence-corrected chi connectivity index (χ4v) is 3.65. The molecule has 3 nitrogen and oxygen atoms in total. The largest absolute Gasteiger partial charge is 0.481 e. The number of aryl methyl sites for hydroxylation is 2. The van der Waals surface area contributed by atoms with Gasteiger partial charge in [-0.05, 0) is 68.5 Å². The predicted octanol–water partition coefficient (Wildman–Crippen LogP) is 4.40. The minimum atomic E-state index is -2.11. The number of hydrogen-bond acceptors (Lipinski definition) is 2. The van der Waals surface area contributed by atoms with Crippen LogP contribution >= 0.6 is 0 Å².